The van der Waals surface area contributed by atoms with Crippen molar-refractivity contribution >= 4 is 44.6 Å². The van der Waals surface area contributed by atoms with Crippen LogP contribution in [-0.2, 0) is 0 Å². The van der Waals surface area contributed by atoms with Gasteiger partial charge in [0.05, 0.1) is 10.0 Å². The van der Waals surface area contributed by atoms with E-state index in [-0.39, 0.29) is 10.8 Å². The molecule has 0 radical (unpaired) electrons. The number of hydrogen-bond donors (Lipinski definition) is 2. The van der Waals surface area contributed by atoms with E-state index in [4.69, 9.17) is 18.0 Å². The zero-order valence-corrected chi connectivity index (χ0v) is 13.4. The lowest BCUT2D eigenvalue weighted by molar-refractivity contribution is 0.621. The zero-order valence-electron chi connectivity index (χ0n) is 11.0. The molecule has 3 nitrogen and oxygen atoms in total. The highest BCUT2D eigenvalue weighted by Gasteiger charge is 2.12. The van der Waals surface area contributed by atoms with Crippen LogP contribution in [0.5, 0.6) is 0 Å². The van der Waals surface area contributed by atoms with Crippen molar-refractivity contribution in [1.29, 1.82) is 0 Å². The topological polar surface area (TPSA) is 50.9 Å². The maximum atomic E-state index is 13.6. The fraction of sp³-hybridized carbons (Fsp3) is 0.143. The molecule has 0 aliphatic carbocycles. The second-order valence-electron chi connectivity index (χ2n) is 4.42. The van der Waals surface area contributed by atoms with Crippen molar-refractivity contribution in [3.8, 4) is 0 Å². The summed E-state index contributed by atoms with van der Waals surface area (Å²) in [6, 6.07) is 4.94. The highest BCUT2D eigenvalue weighted by atomic mass is 79.9. The van der Waals surface area contributed by atoms with Crippen LogP contribution in [0, 0.1) is 19.7 Å². The Morgan fingerprint density at radius 2 is 2.05 bits per heavy atom. The van der Waals surface area contributed by atoms with Gasteiger partial charge in [-0.25, -0.2) is 9.37 Å². The number of anilines is 2. The number of hydrogen-bond acceptors (Lipinski definition) is 3. The van der Waals surface area contributed by atoms with Crippen molar-refractivity contribution in [2.75, 3.05) is 5.32 Å². The van der Waals surface area contributed by atoms with Crippen LogP contribution in [0.4, 0.5) is 15.9 Å². The van der Waals surface area contributed by atoms with E-state index in [0.29, 0.717) is 21.5 Å². The number of pyridine rings is 1. The standard InChI is InChI=1S/C14H13BrFN3S/c1-7-3-4-18-14(12(7)13(17)20)19-11-6-10(16)9(15)5-8(11)2/h3-6H,1-2H3,(H2,17,20)(H,18,19). The normalized spacial score (nSPS) is 10.4. The van der Waals surface area contributed by atoms with Crippen LogP contribution in [0.15, 0.2) is 28.9 Å². The van der Waals surface area contributed by atoms with Crippen LogP contribution >= 0.6 is 28.1 Å². The third-order valence-electron chi connectivity index (χ3n) is 2.93. The van der Waals surface area contributed by atoms with Crippen LogP contribution in [-0.4, -0.2) is 9.97 Å². The van der Waals surface area contributed by atoms with E-state index in [0.717, 1.165) is 11.1 Å². The minimum absolute atomic E-state index is 0.258. The Morgan fingerprint density at radius 1 is 1.35 bits per heavy atom. The van der Waals surface area contributed by atoms with Gasteiger partial charge in [0.1, 0.15) is 16.6 Å². The maximum absolute atomic E-state index is 13.6. The molecule has 2 aromatic rings. The molecular formula is C14H13BrFN3S. The van der Waals surface area contributed by atoms with Crippen LogP contribution in [0.1, 0.15) is 16.7 Å². The molecule has 0 fully saturated rings. The minimum atomic E-state index is -0.345. The van der Waals surface area contributed by atoms with Gasteiger partial charge in [-0.05, 0) is 59.1 Å². The first-order chi connectivity index (χ1) is 9.40. The smallest absolute Gasteiger partial charge is 0.140 e. The molecule has 2 rings (SSSR count). The SMILES string of the molecule is Cc1cc(Br)c(F)cc1Nc1nccc(C)c1C(N)=S. The molecule has 0 aliphatic rings. The molecule has 1 aromatic heterocycles. The fourth-order valence-electron chi connectivity index (χ4n) is 1.87. The minimum Gasteiger partial charge on any atom is -0.389 e. The molecule has 1 heterocycles. The summed E-state index contributed by atoms with van der Waals surface area (Å²) in [6.45, 7) is 3.78. The summed E-state index contributed by atoms with van der Waals surface area (Å²) in [6.07, 6.45) is 1.66. The van der Waals surface area contributed by atoms with Crippen LogP contribution < -0.4 is 11.1 Å². The molecular weight excluding hydrogens is 341 g/mol. The number of benzene rings is 1. The molecule has 0 saturated heterocycles. The Morgan fingerprint density at radius 3 is 2.70 bits per heavy atom. The Hall–Kier alpha value is -1.53. The number of halogens is 2. The summed E-state index contributed by atoms with van der Waals surface area (Å²) in [4.78, 5) is 4.49. The number of rotatable bonds is 3. The Labute approximate surface area is 130 Å². The van der Waals surface area contributed by atoms with E-state index in [9.17, 15) is 4.39 Å². The summed E-state index contributed by atoms with van der Waals surface area (Å²) in [5.74, 6) is 0.185. The quantitative estimate of drug-likeness (QED) is 0.819. The summed E-state index contributed by atoms with van der Waals surface area (Å²) in [7, 11) is 0. The first-order valence-electron chi connectivity index (χ1n) is 5.88. The van der Waals surface area contributed by atoms with Gasteiger partial charge in [-0.15, -0.1) is 0 Å². The van der Waals surface area contributed by atoms with Gasteiger partial charge >= 0.3 is 0 Å². The second kappa shape index (κ2) is 5.85. The van der Waals surface area contributed by atoms with E-state index in [1.165, 1.54) is 6.07 Å². The molecule has 0 unspecified atom stereocenters. The summed E-state index contributed by atoms with van der Waals surface area (Å²) in [5.41, 5.74) is 8.83. The monoisotopic (exact) mass is 353 g/mol. The van der Waals surface area contributed by atoms with Crippen molar-refractivity contribution in [2.24, 2.45) is 5.73 Å². The average molecular weight is 354 g/mol. The molecule has 0 saturated carbocycles. The lowest BCUT2D eigenvalue weighted by atomic mass is 10.1. The molecule has 6 heteroatoms. The number of aromatic nitrogens is 1. The molecule has 1 aromatic carbocycles. The van der Waals surface area contributed by atoms with Gasteiger partial charge in [0.15, 0.2) is 0 Å². The van der Waals surface area contributed by atoms with Gasteiger partial charge < -0.3 is 11.1 Å². The molecule has 0 spiro atoms. The maximum Gasteiger partial charge on any atom is 0.140 e. The first kappa shape index (κ1) is 14.9. The largest absolute Gasteiger partial charge is 0.389 e. The molecule has 0 atom stereocenters. The Bertz CT molecular complexity index is 688. The highest BCUT2D eigenvalue weighted by Crippen LogP contribution is 2.28. The van der Waals surface area contributed by atoms with Crippen molar-refractivity contribution in [3.05, 3.63) is 51.4 Å². The molecule has 20 heavy (non-hydrogen) atoms. The highest BCUT2D eigenvalue weighted by molar-refractivity contribution is 9.10. The number of thiocarbonyl (C=S) groups is 1. The first-order valence-corrected chi connectivity index (χ1v) is 7.08. The lowest BCUT2D eigenvalue weighted by Crippen LogP contribution is -2.15. The third-order valence-corrected chi connectivity index (χ3v) is 3.74. The van der Waals surface area contributed by atoms with Crippen molar-refractivity contribution in [1.82, 2.24) is 4.98 Å². The Balaban J connectivity index is 2.48. The van der Waals surface area contributed by atoms with Crippen molar-refractivity contribution in [3.63, 3.8) is 0 Å². The van der Waals surface area contributed by atoms with E-state index >= 15 is 0 Å². The van der Waals surface area contributed by atoms with E-state index in [1.807, 2.05) is 19.9 Å². The van der Waals surface area contributed by atoms with Crippen LogP contribution in [0.2, 0.25) is 0 Å². The molecule has 0 amide bonds. The molecule has 0 aliphatic heterocycles. The fourth-order valence-corrected chi connectivity index (χ4v) is 2.59. The lowest BCUT2D eigenvalue weighted by Gasteiger charge is -2.14. The molecule has 0 bridgehead atoms. The predicted molar refractivity (Wildman–Crippen MR) is 87.0 cm³/mol. The number of nitrogens with one attached hydrogen (secondary N) is 1. The van der Waals surface area contributed by atoms with Gasteiger partial charge in [0.25, 0.3) is 0 Å². The van der Waals surface area contributed by atoms with Gasteiger partial charge in [-0.2, -0.15) is 0 Å². The van der Waals surface area contributed by atoms with Crippen molar-refractivity contribution < 1.29 is 4.39 Å². The second-order valence-corrected chi connectivity index (χ2v) is 5.72. The zero-order chi connectivity index (χ0) is 14.9. The Kier molecular flexibility index (Phi) is 4.35. The number of nitrogens with zero attached hydrogens (tertiary/aromatic N) is 1. The van der Waals surface area contributed by atoms with Crippen LogP contribution in [0.25, 0.3) is 0 Å². The van der Waals surface area contributed by atoms with Gasteiger partial charge in [-0.3, -0.25) is 0 Å². The molecule has 104 valence electrons. The summed E-state index contributed by atoms with van der Waals surface area (Å²) < 4.78 is 14.1. The molecule has 3 N–H and O–H groups in total. The summed E-state index contributed by atoms with van der Waals surface area (Å²) in [5, 5.41) is 3.09. The van der Waals surface area contributed by atoms with E-state index in [2.05, 4.69) is 26.2 Å². The van der Waals surface area contributed by atoms with E-state index in [1.54, 1.807) is 12.3 Å². The predicted octanol–water partition coefficient (Wildman–Crippen LogP) is 3.98. The van der Waals surface area contributed by atoms with Gasteiger partial charge in [-0.1, -0.05) is 12.2 Å². The van der Waals surface area contributed by atoms with Gasteiger partial charge in [0, 0.05) is 11.9 Å². The third kappa shape index (κ3) is 2.96. The van der Waals surface area contributed by atoms with E-state index < -0.39 is 0 Å². The van der Waals surface area contributed by atoms with Crippen molar-refractivity contribution in [2.45, 2.75) is 13.8 Å². The average Bonchev–Trinajstić information content (AvgIpc) is 2.35. The number of aryl methyl sites for hydroxylation is 2. The van der Waals surface area contributed by atoms with Gasteiger partial charge in [0.2, 0.25) is 0 Å². The number of nitrogens with two attached hydrogens (primary N) is 1. The van der Waals surface area contributed by atoms with Crippen LogP contribution in [0.3, 0.4) is 0 Å². The summed E-state index contributed by atoms with van der Waals surface area (Å²) >= 11 is 8.20.